The Kier molecular flexibility index (Phi) is 4.37. The van der Waals surface area contributed by atoms with E-state index in [0.29, 0.717) is 11.7 Å². The lowest BCUT2D eigenvalue weighted by atomic mass is 10.0. The van der Waals surface area contributed by atoms with Gasteiger partial charge >= 0.3 is 0 Å². The normalized spacial score (nSPS) is 16.3. The molecule has 0 saturated heterocycles. The molecular formula is C15H21NO2. The minimum absolute atomic E-state index is 0.0291. The van der Waals surface area contributed by atoms with Gasteiger partial charge in [0.15, 0.2) is 5.78 Å². The first-order valence-electron chi connectivity index (χ1n) is 6.77. The second-order valence-electron chi connectivity index (χ2n) is 4.95. The van der Waals surface area contributed by atoms with Gasteiger partial charge in [0.05, 0.1) is 12.1 Å². The molecule has 1 saturated carbocycles. The first kappa shape index (κ1) is 13.1. The van der Waals surface area contributed by atoms with E-state index in [1.807, 2.05) is 24.3 Å². The van der Waals surface area contributed by atoms with Crippen molar-refractivity contribution in [2.24, 2.45) is 5.73 Å². The van der Waals surface area contributed by atoms with Crippen molar-refractivity contribution in [1.29, 1.82) is 0 Å². The molecule has 1 unspecified atom stereocenters. The van der Waals surface area contributed by atoms with Gasteiger partial charge in [-0.1, -0.05) is 19.8 Å². The third-order valence-electron chi connectivity index (χ3n) is 3.17. The maximum Gasteiger partial charge on any atom is 0.179 e. The number of carbonyl (C=O) groups excluding carboxylic acids is 1. The third kappa shape index (κ3) is 3.57. The molecule has 98 valence electrons. The highest BCUT2D eigenvalue weighted by Gasteiger charge is 2.23. The van der Waals surface area contributed by atoms with Gasteiger partial charge in [-0.3, -0.25) is 4.79 Å². The molecule has 2 N–H and O–H groups in total. The summed E-state index contributed by atoms with van der Waals surface area (Å²) in [5.41, 5.74) is 6.57. The second kappa shape index (κ2) is 6.01. The van der Waals surface area contributed by atoms with Crippen LogP contribution in [0.2, 0.25) is 0 Å². The zero-order valence-electron chi connectivity index (χ0n) is 10.9. The van der Waals surface area contributed by atoms with Gasteiger partial charge < -0.3 is 10.5 Å². The molecule has 1 aliphatic rings. The highest BCUT2D eigenvalue weighted by Crippen LogP contribution is 2.26. The zero-order valence-corrected chi connectivity index (χ0v) is 10.9. The molecule has 3 heteroatoms. The highest BCUT2D eigenvalue weighted by molar-refractivity contribution is 6.00. The van der Waals surface area contributed by atoms with E-state index >= 15 is 0 Å². The molecule has 18 heavy (non-hydrogen) atoms. The molecule has 1 aliphatic carbocycles. The molecule has 1 aromatic carbocycles. The van der Waals surface area contributed by atoms with Crippen molar-refractivity contribution in [3.05, 3.63) is 29.8 Å². The zero-order chi connectivity index (χ0) is 13.0. The van der Waals surface area contributed by atoms with E-state index in [4.69, 9.17) is 10.5 Å². The summed E-state index contributed by atoms with van der Waals surface area (Å²) in [4.78, 5) is 12.0. The van der Waals surface area contributed by atoms with Crippen LogP contribution in [0.5, 0.6) is 5.75 Å². The number of hydrogen-bond acceptors (Lipinski definition) is 3. The summed E-state index contributed by atoms with van der Waals surface area (Å²) >= 11 is 0. The Morgan fingerprint density at radius 3 is 2.61 bits per heavy atom. The van der Waals surface area contributed by atoms with Crippen LogP contribution in [0.25, 0.3) is 0 Å². The SMILES string of the molecule is CCCCC(N)C(=O)c1ccc(OC2CC2)cc1. The first-order valence-corrected chi connectivity index (χ1v) is 6.77. The summed E-state index contributed by atoms with van der Waals surface area (Å²) in [7, 11) is 0. The maximum absolute atomic E-state index is 12.0. The van der Waals surface area contributed by atoms with E-state index in [0.717, 1.165) is 37.9 Å². The van der Waals surface area contributed by atoms with Gasteiger partial charge in [-0.2, -0.15) is 0 Å². The molecule has 0 heterocycles. The lowest BCUT2D eigenvalue weighted by Crippen LogP contribution is -2.30. The molecular weight excluding hydrogens is 226 g/mol. The predicted octanol–water partition coefficient (Wildman–Crippen LogP) is 2.93. The summed E-state index contributed by atoms with van der Waals surface area (Å²) in [6.45, 7) is 2.10. The fourth-order valence-corrected chi connectivity index (χ4v) is 1.85. The highest BCUT2D eigenvalue weighted by atomic mass is 16.5. The molecule has 2 rings (SSSR count). The Hall–Kier alpha value is -1.35. The van der Waals surface area contributed by atoms with E-state index in [1.165, 1.54) is 0 Å². The Labute approximate surface area is 108 Å². The molecule has 0 amide bonds. The van der Waals surface area contributed by atoms with Crippen LogP contribution in [0.4, 0.5) is 0 Å². The van der Waals surface area contributed by atoms with Gasteiger partial charge in [0, 0.05) is 5.56 Å². The maximum atomic E-state index is 12.0. The van der Waals surface area contributed by atoms with Crippen LogP contribution in [0.3, 0.4) is 0 Å². The van der Waals surface area contributed by atoms with Crippen molar-refractivity contribution in [3.8, 4) is 5.75 Å². The minimum atomic E-state index is -0.375. The van der Waals surface area contributed by atoms with E-state index in [9.17, 15) is 4.79 Å². The number of rotatable bonds is 7. The number of unbranched alkanes of at least 4 members (excludes halogenated alkanes) is 1. The van der Waals surface area contributed by atoms with Gasteiger partial charge in [-0.05, 0) is 43.5 Å². The lowest BCUT2D eigenvalue weighted by molar-refractivity contribution is 0.0956. The topological polar surface area (TPSA) is 52.3 Å². The van der Waals surface area contributed by atoms with E-state index < -0.39 is 0 Å². The summed E-state index contributed by atoms with van der Waals surface area (Å²) in [6.07, 6.45) is 5.49. The number of ketones is 1. The van der Waals surface area contributed by atoms with Crippen LogP contribution in [-0.2, 0) is 0 Å². The van der Waals surface area contributed by atoms with Crippen LogP contribution in [-0.4, -0.2) is 17.9 Å². The van der Waals surface area contributed by atoms with Crippen molar-refractivity contribution in [3.63, 3.8) is 0 Å². The van der Waals surface area contributed by atoms with Gasteiger partial charge in [0.25, 0.3) is 0 Å². The average molecular weight is 247 g/mol. The van der Waals surface area contributed by atoms with Crippen LogP contribution in [0, 0.1) is 0 Å². The third-order valence-corrected chi connectivity index (χ3v) is 3.17. The number of hydrogen-bond donors (Lipinski definition) is 1. The molecule has 0 aliphatic heterocycles. The molecule has 1 aromatic rings. The van der Waals surface area contributed by atoms with Crippen molar-refractivity contribution in [1.82, 2.24) is 0 Å². The van der Waals surface area contributed by atoms with Crippen molar-refractivity contribution < 1.29 is 9.53 Å². The predicted molar refractivity (Wildman–Crippen MR) is 71.9 cm³/mol. The van der Waals surface area contributed by atoms with E-state index in [-0.39, 0.29) is 11.8 Å². The van der Waals surface area contributed by atoms with Crippen LogP contribution in [0.1, 0.15) is 49.4 Å². The second-order valence-corrected chi connectivity index (χ2v) is 4.95. The monoisotopic (exact) mass is 247 g/mol. The van der Waals surface area contributed by atoms with Crippen molar-refractivity contribution in [2.75, 3.05) is 0 Å². The molecule has 0 spiro atoms. The van der Waals surface area contributed by atoms with Gasteiger partial charge in [-0.25, -0.2) is 0 Å². The van der Waals surface area contributed by atoms with Crippen LogP contribution >= 0.6 is 0 Å². The van der Waals surface area contributed by atoms with Crippen molar-refractivity contribution in [2.45, 2.75) is 51.2 Å². The molecule has 1 fully saturated rings. The van der Waals surface area contributed by atoms with Gasteiger partial charge in [-0.15, -0.1) is 0 Å². The molecule has 0 radical (unpaired) electrons. The Morgan fingerprint density at radius 2 is 2.06 bits per heavy atom. The Balaban J connectivity index is 1.92. The largest absolute Gasteiger partial charge is 0.490 e. The van der Waals surface area contributed by atoms with Crippen LogP contribution < -0.4 is 10.5 Å². The molecule has 3 nitrogen and oxygen atoms in total. The Bertz CT molecular complexity index is 395. The Morgan fingerprint density at radius 1 is 1.39 bits per heavy atom. The summed E-state index contributed by atoms with van der Waals surface area (Å²) in [6, 6.07) is 6.97. The fourth-order valence-electron chi connectivity index (χ4n) is 1.85. The molecule has 1 atom stereocenters. The standard InChI is InChI=1S/C15H21NO2/c1-2-3-4-14(16)15(17)11-5-7-12(8-6-11)18-13-9-10-13/h5-8,13-14H,2-4,9-10,16H2,1H3. The quantitative estimate of drug-likeness (QED) is 0.754. The summed E-state index contributed by atoms with van der Waals surface area (Å²) in [5, 5.41) is 0. The van der Waals surface area contributed by atoms with Gasteiger partial charge in [0.2, 0.25) is 0 Å². The minimum Gasteiger partial charge on any atom is -0.490 e. The van der Waals surface area contributed by atoms with Gasteiger partial charge in [0.1, 0.15) is 5.75 Å². The van der Waals surface area contributed by atoms with Crippen LogP contribution in [0.15, 0.2) is 24.3 Å². The van der Waals surface area contributed by atoms with E-state index in [1.54, 1.807) is 0 Å². The smallest absolute Gasteiger partial charge is 0.179 e. The molecule has 0 aromatic heterocycles. The number of carbonyl (C=O) groups is 1. The summed E-state index contributed by atoms with van der Waals surface area (Å²) < 4.78 is 5.64. The fraction of sp³-hybridized carbons (Fsp3) is 0.533. The molecule has 0 bridgehead atoms. The first-order chi connectivity index (χ1) is 8.70. The van der Waals surface area contributed by atoms with Crippen molar-refractivity contribution >= 4 is 5.78 Å². The lowest BCUT2D eigenvalue weighted by Gasteiger charge is -2.10. The van der Waals surface area contributed by atoms with E-state index in [2.05, 4.69) is 6.92 Å². The average Bonchev–Trinajstić information content (AvgIpc) is 3.20. The number of nitrogens with two attached hydrogens (primary N) is 1. The number of Topliss-reactive ketones (excluding diaryl/α,β-unsaturated/α-hetero) is 1. The number of ether oxygens (including phenoxy) is 1. The summed E-state index contributed by atoms with van der Waals surface area (Å²) in [5.74, 6) is 0.873. The number of benzene rings is 1.